The maximum Gasteiger partial charge on any atom is 0.408 e. The topological polar surface area (TPSA) is 84.5 Å². The number of amides is 1. The van der Waals surface area contributed by atoms with Gasteiger partial charge in [-0.25, -0.2) is 17.9 Å². The molecule has 6 nitrogen and oxygen atoms in total. The first-order valence-corrected chi connectivity index (χ1v) is 9.43. The first kappa shape index (κ1) is 19.7. The number of nitrogens with one attached hydrogen (secondary N) is 2. The van der Waals surface area contributed by atoms with Crippen LogP contribution in [-0.2, 0) is 14.8 Å². The van der Waals surface area contributed by atoms with E-state index in [1.807, 2.05) is 0 Å². The second kappa shape index (κ2) is 7.99. The Morgan fingerprint density at radius 3 is 2.30 bits per heavy atom. The first-order valence-electron chi connectivity index (χ1n) is 7.16. The molecule has 0 aliphatic heterocycles. The fourth-order valence-electron chi connectivity index (χ4n) is 1.86. The van der Waals surface area contributed by atoms with Crippen molar-refractivity contribution in [2.24, 2.45) is 0 Å². The molecule has 0 fully saturated rings. The second-order valence-electron chi connectivity index (χ2n) is 6.21. The van der Waals surface area contributed by atoms with Crippen LogP contribution in [0.1, 0.15) is 38.8 Å². The molecule has 0 aliphatic carbocycles. The zero-order valence-electron chi connectivity index (χ0n) is 13.7. The Bertz CT molecular complexity index is 624. The van der Waals surface area contributed by atoms with Crippen LogP contribution in [0.15, 0.2) is 24.3 Å². The van der Waals surface area contributed by atoms with Gasteiger partial charge in [0.05, 0.1) is 12.3 Å². The van der Waals surface area contributed by atoms with E-state index in [-0.39, 0.29) is 6.54 Å². The van der Waals surface area contributed by atoms with Gasteiger partial charge in [0.2, 0.25) is 10.0 Å². The molecule has 2 N–H and O–H groups in total. The molecular formula is C15H23ClN2O4S. The molecule has 130 valence electrons. The van der Waals surface area contributed by atoms with Crippen molar-refractivity contribution in [2.45, 2.75) is 38.8 Å². The van der Waals surface area contributed by atoms with Crippen molar-refractivity contribution in [2.75, 3.05) is 12.8 Å². The Hall–Kier alpha value is -1.31. The minimum absolute atomic E-state index is 0.196. The number of alkyl carbamates (subject to hydrolysis) is 1. The highest BCUT2D eigenvalue weighted by atomic mass is 35.5. The second-order valence-corrected chi connectivity index (χ2v) is 8.47. The SMILES string of the molecule is CC(C)(C)OC(=O)NC(CCNS(C)(=O)=O)c1ccc(Cl)cc1. The maximum atomic E-state index is 12.0. The predicted octanol–water partition coefficient (Wildman–Crippen LogP) is 2.85. The summed E-state index contributed by atoms with van der Waals surface area (Å²) in [6.45, 7) is 5.52. The van der Waals surface area contributed by atoms with E-state index in [0.29, 0.717) is 11.4 Å². The molecule has 1 atom stereocenters. The molecule has 0 saturated carbocycles. The lowest BCUT2D eigenvalue weighted by molar-refractivity contribution is 0.0501. The highest BCUT2D eigenvalue weighted by molar-refractivity contribution is 7.88. The third-order valence-electron chi connectivity index (χ3n) is 2.76. The number of carbonyl (C=O) groups is 1. The lowest BCUT2D eigenvalue weighted by Gasteiger charge is -2.24. The van der Waals surface area contributed by atoms with Crippen LogP contribution in [0.2, 0.25) is 5.02 Å². The monoisotopic (exact) mass is 362 g/mol. The van der Waals surface area contributed by atoms with Crippen LogP contribution < -0.4 is 10.0 Å². The Labute approximate surface area is 142 Å². The van der Waals surface area contributed by atoms with Crippen LogP contribution in [0.4, 0.5) is 4.79 Å². The number of halogens is 1. The van der Waals surface area contributed by atoms with Crippen LogP contribution in [0, 0.1) is 0 Å². The molecule has 1 unspecified atom stereocenters. The summed E-state index contributed by atoms with van der Waals surface area (Å²) in [7, 11) is -3.28. The molecular weight excluding hydrogens is 340 g/mol. The van der Waals surface area contributed by atoms with Gasteiger partial charge in [0.1, 0.15) is 5.60 Å². The van der Waals surface area contributed by atoms with Gasteiger partial charge in [-0.3, -0.25) is 0 Å². The maximum absolute atomic E-state index is 12.0. The van der Waals surface area contributed by atoms with Crippen molar-refractivity contribution in [1.82, 2.24) is 10.0 Å². The molecule has 0 bridgehead atoms. The molecule has 0 spiro atoms. The number of hydrogen-bond donors (Lipinski definition) is 2. The fraction of sp³-hybridized carbons (Fsp3) is 0.533. The number of hydrogen-bond acceptors (Lipinski definition) is 4. The van der Waals surface area contributed by atoms with Gasteiger partial charge in [-0.2, -0.15) is 0 Å². The minimum atomic E-state index is -3.28. The van der Waals surface area contributed by atoms with Crippen molar-refractivity contribution in [3.8, 4) is 0 Å². The van der Waals surface area contributed by atoms with Gasteiger partial charge in [-0.05, 0) is 44.9 Å². The molecule has 0 aromatic heterocycles. The summed E-state index contributed by atoms with van der Waals surface area (Å²) < 4.78 is 30.0. The summed E-state index contributed by atoms with van der Waals surface area (Å²) in [4.78, 5) is 12.0. The summed E-state index contributed by atoms with van der Waals surface area (Å²) in [5.41, 5.74) is 0.204. The van der Waals surface area contributed by atoms with E-state index in [4.69, 9.17) is 16.3 Å². The summed E-state index contributed by atoms with van der Waals surface area (Å²) in [5, 5.41) is 3.34. The molecule has 1 rings (SSSR count). The van der Waals surface area contributed by atoms with Gasteiger partial charge in [0.15, 0.2) is 0 Å². The van der Waals surface area contributed by atoms with E-state index >= 15 is 0 Å². The van der Waals surface area contributed by atoms with Crippen LogP contribution in [0.5, 0.6) is 0 Å². The van der Waals surface area contributed by atoms with E-state index < -0.39 is 27.8 Å². The third-order valence-corrected chi connectivity index (χ3v) is 3.74. The van der Waals surface area contributed by atoms with Crippen molar-refractivity contribution in [3.05, 3.63) is 34.9 Å². The molecule has 0 radical (unpaired) electrons. The van der Waals surface area contributed by atoms with E-state index in [2.05, 4.69) is 10.0 Å². The van der Waals surface area contributed by atoms with E-state index in [0.717, 1.165) is 11.8 Å². The number of carbonyl (C=O) groups excluding carboxylic acids is 1. The lowest BCUT2D eigenvalue weighted by Crippen LogP contribution is -2.36. The number of sulfonamides is 1. The lowest BCUT2D eigenvalue weighted by atomic mass is 10.0. The zero-order chi connectivity index (χ0) is 17.7. The average molecular weight is 363 g/mol. The van der Waals surface area contributed by atoms with Gasteiger partial charge in [0, 0.05) is 11.6 Å². The Morgan fingerprint density at radius 2 is 1.83 bits per heavy atom. The number of benzene rings is 1. The normalized spacial score (nSPS) is 13.4. The van der Waals surface area contributed by atoms with E-state index in [1.54, 1.807) is 45.0 Å². The smallest absolute Gasteiger partial charge is 0.408 e. The van der Waals surface area contributed by atoms with E-state index in [9.17, 15) is 13.2 Å². The largest absolute Gasteiger partial charge is 0.444 e. The Kier molecular flexibility index (Phi) is 6.85. The molecule has 1 aromatic rings. The van der Waals surface area contributed by atoms with Crippen molar-refractivity contribution < 1.29 is 17.9 Å². The highest BCUT2D eigenvalue weighted by Gasteiger charge is 2.20. The van der Waals surface area contributed by atoms with Crippen LogP contribution in [0.3, 0.4) is 0 Å². The van der Waals surface area contributed by atoms with Gasteiger partial charge in [0.25, 0.3) is 0 Å². The summed E-state index contributed by atoms with van der Waals surface area (Å²) >= 11 is 5.87. The molecule has 8 heteroatoms. The van der Waals surface area contributed by atoms with Gasteiger partial charge < -0.3 is 10.1 Å². The summed E-state index contributed by atoms with van der Waals surface area (Å²) in [6, 6.07) is 6.60. The fourth-order valence-corrected chi connectivity index (χ4v) is 2.47. The van der Waals surface area contributed by atoms with Crippen LogP contribution in [0.25, 0.3) is 0 Å². The average Bonchev–Trinajstić information content (AvgIpc) is 2.34. The van der Waals surface area contributed by atoms with Crippen LogP contribution >= 0.6 is 11.6 Å². The standard InChI is InChI=1S/C15H23ClN2O4S/c1-15(2,3)22-14(19)18-13(9-10-17-23(4,20)21)11-5-7-12(16)8-6-11/h5-8,13,17H,9-10H2,1-4H3,(H,18,19). The molecule has 0 heterocycles. The minimum Gasteiger partial charge on any atom is -0.444 e. The van der Waals surface area contributed by atoms with Crippen molar-refractivity contribution in [1.29, 1.82) is 0 Å². The molecule has 0 aliphatic rings. The molecule has 23 heavy (non-hydrogen) atoms. The van der Waals surface area contributed by atoms with Gasteiger partial charge >= 0.3 is 6.09 Å². The number of rotatable bonds is 6. The quantitative estimate of drug-likeness (QED) is 0.814. The Balaban J connectivity index is 2.79. The van der Waals surface area contributed by atoms with E-state index in [1.165, 1.54) is 0 Å². The molecule has 1 aromatic carbocycles. The Morgan fingerprint density at radius 1 is 1.26 bits per heavy atom. The predicted molar refractivity (Wildman–Crippen MR) is 91.0 cm³/mol. The highest BCUT2D eigenvalue weighted by Crippen LogP contribution is 2.20. The van der Waals surface area contributed by atoms with Crippen LogP contribution in [-0.4, -0.2) is 32.9 Å². The van der Waals surface area contributed by atoms with Crippen molar-refractivity contribution in [3.63, 3.8) is 0 Å². The number of ether oxygens (including phenoxy) is 1. The zero-order valence-corrected chi connectivity index (χ0v) is 15.3. The van der Waals surface area contributed by atoms with Gasteiger partial charge in [-0.1, -0.05) is 23.7 Å². The summed E-state index contributed by atoms with van der Waals surface area (Å²) in [6.07, 6.45) is 0.913. The third kappa shape index (κ3) is 8.78. The molecule has 0 saturated heterocycles. The van der Waals surface area contributed by atoms with Gasteiger partial charge in [-0.15, -0.1) is 0 Å². The van der Waals surface area contributed by atoms with Crippen molar-refractivity contribution >= 4 is 27.7 Å². The first-order chi connectivity index (χ1) is 10.5. The molecule has 1 amide bonds. The summed E-state index contributed by atoms with van der Waals surface area (Å²) in [5.74, 6) is 0.